The first-order chi connectivity index (χ1) is 9.61. The van der Waals surface area contributed by atoms with E-state index in [9.17, 15) is 4.79 Å². The van der Waals surface area contributed by atoms with Crippen LogP contribution in [0.15, 0.2) is 22.7 Å². The van der Waals surface area contributed by atoms with Crippen molar-refractivity contribution >= 4 is 37.8 Å². The van der Waals surface area contributed by atoms with E-state index in [0.717, 1.165) is 17.3 Å². The molecule has 110 valence electrons. The smallest absolute Gasteiger partial charge is 0.255 e. The number of amides is 1. The molecule has 0 aliphatic heterocycles. The minimum absolute atomic E-state index is 0.0642. The number of methoxy groups -OCH3 is 1. The van der Waals surface area contributed by atoms with Crippen LogP contribution in [0.4, 0.5) is 0 Å². The number of nitrogens with one attached hydrogen (secondary N) is 1. The molecule has 5 heteroatoms. The quantitative estimate of drug-likeness (QED) is 0.602. The summed E-state index contributed by atoms with van der Waals surface area (Å²) in [5.41, 5.74) is 0.583. The maximum Gasteiger partial charge on any atom is 0.255 e. The third-order valence-corrected chi connectivity index (χ3v) is 5.25. The molecule has 0 bridgehead atoms. The van der Waals surface area contributed by atoms with Gasteiger partial charge in [-0.25, -0.2) is 0 Å². The van der Waals surface area contributed by atoms with Crippen LogP contribution in [0.25, 0.3) is 0 Å². The molecule has 0 saturated heterocycles. The number of carbonyl (C=O) groups excluding carboxylic acids is 1. The number of rotatable bonds is 3. The summed E-state index contributed by atoms with van der Waals surface area (Å²) in [6, 6.07) is 5.65. The maximum absolute atomic E-state index is 12.4. The largest absolute Gasteiger partial charge is 0.496 e. The summed E-state index contributed by atoms with van der Waals surface area (Å²) in [6.07, 6.45) is 5.79. The van der Waals surface area contributed by atoms with Crippen LogP contribution in [0.1, 0.15) is 42.5 Å². The van der Waals surface area contributed by atoms with Crippen LogP contribution in [-0.4, -0.2) is 23.9 Å². The SMILES string of the molecule is COc1cc(Br)ccc1C(=O)NC1CCCCCC1Br. The van der Waals surface area contributed by atoms with Crippen molar-refractivity contribution in [2.24, 2.45) is 0 Å². The highest BCUT2D eigenvalue weighted by atomic mass is 79.9. The van der Waals surface area contributed by atoms with E-state index in [0.29, 0.717) is 16.1 Å². The lowest BCUT2D eigenvalue weighted by Crippen LogP contribution is -2.40. The average Bonchev–Trinajstić information content (AvgIpc) is 2.64. The fraction of sp³-hybridized carbons (Fsp3) is 0.533. The lowest BCUT2D eigenvalue weighted by Gasteiger charge is -2.22. The Balaban J connectivity index is 2.11. The summed E-state index contributed by atoms with van der Waals surface area (Å²) < 4.78 is 6.19. The number of benzene rings is 1. The summed E-state index contributed by atoms with van der Waals surface area (Å²) in [5.74, 6) is 0.530. The topological polar surface area (TPSA) is 38.3 Å². The van der Waals surface area contributed by atoms with Gasteiger partial charge in [0, 0.05) is 15.3 Å². The Hall–Kier alpha value is -0.550. The molecule has 0 aromatic heterocycles. The van der Waals surface area contributed by atoms with Gasteiger partial charge >= 0.3 is 0 Å². The number of hydrogen-bond acceptors (Lipinski definition) is 2. The van der Waals surface area contributed by atoms with E-state index in [1.165, 1.54) is 19.3 Å². The predicted molar refractivity (Wildman–Crippen MR) is 87.7 cm³/mol. The lowest BCUT2D eigenvalue weighted by molar-refractivity contribution is 0.0932. The fourth-order valence-corrected chi connectivity index (χ4v) is 3.58. The van der Waals surface area contributed by atoms with Gasteiger partial charge in [-0.3, -0.25) is 4.79 Å². The van der Waals surface area contributed by atoms with Gasteiger partial charge in [-0.05, 0) is 31.0 Å². The van der Waals surface area contributed by atoms with Crippen molar-refractivity contribution in [3.05, 3.63) is 28.2 Å². The Bertz CT molecular complexity index is 479. The summed E-state index contributed by atoms with van der Waals surface area (Å²) >= 11 is 7.08. The second-order valence-corrected chi connectivity index (χ2v) is 7.17. The third kappa shape index (κ3) is 3.98. The Morgan fingerprint density at radius 2 is 2.05 bits per heavy atom. The van der Waals surface area contributed by atoms with Crippen LogP contribution in [0.2, 0.25) is 0 Å². The highest BCUT2D eigenvalue weighted by Gasteiger charge is 2.24. The van der Waals surface area contributed by atoms with Gasteiger partial charge in [-0.2, -0.15) is 0 Å². The Kier molecular flexibility index (Phi) is 5.90. The third-order valence-electron chi connectivity index (χ3n) is 3.66. The minimum atomic E-state index is -0.0642. The molecular formula is C15H19Br2NO2. The Morgan fingerprint density at radius 3 is 2.80 bits per heavy atom. The molecule has 20 heavy (non-hydrogen) atoms. The van der Waals surface area contributed by atoms with Gasteiger partial charge in [0.1, 0.15) is 5.75 Å². The second-order valence-electron chi connectivity index (χ2n) is 5.08. The normalized spacial score (nSPS) is 22.9. The first-order valence-electron chi connectivity index (χ1n) is 6.90. The molecule has 2 unspecified atom stereocenters. The first kappa shape index (κ1) is 15.8. The molecule has 0 spiro atoms. The van der Waals surface area contributed by atoms with Crippen molar-refractivity contribution in [2.45, 2.75) is 43.0 Å². The number of hydrogen-bond donors (Lipinski definition) is 1. The van der Waals surface area contributed by atoms with E-state index < -0.39 is 0 Å². The van der Waals surface area contributed by atoms with E-state index in [-0.39, 0.29) is 11.9 Å². The monoisotopic (exact) mass is 403 g/mol. The molecule has 1 amide bonds. The maximum atomic E-state index is 12.4. The van der Waals surface area contributed by atoms with Crippen molar-refractivity contribution in [1.29, 1.82) is 0 Å². The van der Waals surface area contributed by atoms with Crippen molar-refractivity contribution in [3.8, 4) is 5.75 Å². The van der Waals surface area contributed by atoms with Crippen LogP contribution < -0.4 is 10.1 Å². The zero-order valence-electron chi connectivity index (χ0n) is 11.5. The highest BCUT2D eigenvalue weighted by Crippen LogP contribution is 2.26. The molecule has 2 rings (SSSR count). The predicted octanol–water partition coefficient (Wildman–Crippen LogP) is 4.28. The molecule has 1 aromatic rings. The fourth-order valence-electron chi connectivity index (χ4n) is 2.52. The minimum Gasteiger partial charge on any atom is -0.496 e. The van der Waals surface area contributed by atoms with Crippen LogP contribution >= 0.6 is 31.9 Å². The Morgan fingerprint density at radius 1 is 1.30 bits per heavy atom. The molecule has 0 radical (unpaired) electrons. The van der Waals surface area contributed by atoms with Gasteiger partial charge in [0.25, 0.3) is 5.91 Å². The van der Waals surface area contributed by atoms with E-state index in [2.05, 4.69) is 37.2 Å². The van der Waals surface area contributed by atoms with Crippen molar-refractivity contribution < 1.29 is 9.53 Å². The van der Waals surface area contributed by atoms with E-state index in [4.69, 9.17) is 4.74 Å². The average molecular weight is 405 g/mol. The van der Waals surface area contributed by atoms with Gasteiger partial charge in [0.05, 0.1) is 12.7 Å². The molecule has 2 atom stereocenters. The highest BCUT2D eigenvalue weighted by molar-refractivity contribution is 9.10. The Labute approximate surface area is 136 Å². The van der Waals surface area contributed by atoms with E-state index in [1.54, 1.807) is 13.2 Å². The van der Waals surface area contributed by atoms with E-state index >= 15 is 0 Å². The standard InChI is InChI=1S/C15H19Br2NO2/c1-20-14-9-10(16)7-8-11(14)15(19)18-13-6-4-2-3-5-12(13)17/h7-9,12-13H,2-6H2,1H3,(H,18,19). The molecule has 1 aliphatic carbocycles. The van der Waals surface area contributed by atoms with Crippen LogP contribution in [-0.2, 0) is 0 Å². The van der Waals surface area contributed by atoms with Gasteiger partial charge in [-0.15, -0.1) is 0 Å². The zero-order chi connectivity index (χ0) is 14.5. The van der Waals surface area contributed by atoms with Gasteiger partial charge in [-0.1, -0.05) is 51.1 Å². The summed E-state index contributed by atoms with van der Waals surface area (Å²) in [5, 5.41) is 3.14. The lowest BCUT2D eigenvalue weighted by atomic mass is 10.1. The summed E-state index contributed by atoms with van der Waals surface area (Å²) in [7, 11) is 1.58. The molecular weight excluding hydrogens is 386 g/mol. The van der Waals surface area contributed by atoms with Crippen LogP contribution in [0.3, 0.4) is 0 Å². The molecule has 1 saturated carbocycles. The zero-order valence-corrected chi connectivity index (χ0v) is 14.7. The number of ether oxygens (including phenoxy) is 1. The summed E-state index contributed by atoms with van der Waals surface area (Å²) in [4.78, 5) is 12.8. The molecule has 1 aliphatic rings. The number of carbonyl (C=O) groups is 1. The van der Waals surface area contributed by atoms with Crippen molar-refractivity contribution in [1.82, 2.24) is 5.32 Å². The van der Waals surface area contributed by atoms with Crippen molar-refractivity contribution in [3.63, 3.8) is 0 Å². The summed E-state index contributed by atoms with van der Waals surface area (Å²) in [6.45, 7) is 0. The van der Waals surface area contributed by atoms with Crippen LogP contribution in [0.5, 0.6) is 5.75 Å². The van der Waals surface area contributed by atoms with Gasteiger partial charge < -0.3 is 10.1 Å². The first-order valence-corrected chi connectivity index (χ1v) is 8.61. The number of halogens is 2. The molecule has 1 fully saturated rings. The molecule has 1 N–H and O–H groups in total. The molecule has 0 heterocycles. The van der Waals surface area contributed by atoms with Gasteiger partial charge in [0.15, 0.2) is 0 Å². The second kappa shape index (κ2) is 7.46. The molecule has 1 aromatic carbocycles. The molecule has 3 nitrogen and oxygen atoms in total. The van der Waals surface area contributed by atoms with E-state index in [1.807, 2.05) is 12.1 Å². The van der Waals surface area contributed by atoms with Gasteiger partial charge in [0.2, 0.25) is 0 Å². The number of alkyl halides is 1. The van der Waals surface area contributed by atoms with Crippen molar-refractivity contribution in [2.75, 3.05) is 7.11 Å². The van der Waals surface area contributed by atoms with Crippen LogP contribution in [0, 0.1) is 0 Å².